The Kier molecular flexibility index (Phi) is 3.63. The summed E-state index contributed by atoms with van der Waals surface area (Å²) >= 11 is 3.15. The van der Waals surface area contributed by atoms with Gasteiger partial charge in [-0.1, -0.05) is 23.9 Å². The topological polar surface area (TPSA) is 45.8 Å². The molecule has 3 aromatic rings. The minimum Gasteiger partial charge on any atom is -0.362 e. The fourth-order valence-electron chi connectivity index (χ4n) is 2.13. The fraction of sp³-hybridized carbons (Fsp3) is 0.200. The number of para-hydroxylation sites is 1. The van der Waals surface area contributed by atoms with E-state index >= 15 is 0 Å². The number of hydrogen-bond donors (Lipinski definition) is 1. The number of thioether (sulfide) groups is 1. The van der Waals surface area contributed by atoms with Crippen LogP contribution in [0.25, 0.3) is 10.2 Å². The molecule has 0 radical (unpaired) electrons. The Labute approximate surface area is 125 Å². The third-order valence-electron chi connectivity index (χ3n) is 3.05. The molecule has 0 unspecified atom stereocenters. The first-order valence-electron chi connectivity index (χ1n) is 6.31. The molecule has 0 bridgehead atoms. The average Bonchev–Trinajstić information content (AvgIpc) is 2.98. The monoisotopic (exact) mass is 302 g/mol. The molecule has 0 aliphatic carbocycles. The van der Waals surface area contributed by atoms with Crippen LogP contribution in [0.3, 0.4) is 0 Å². The van der Waals surface area contributed by atoms with E-state index in [1.165, 1.54) is 11.8 Å². The minimum absolute atomic E-state index is 0.149. The summed E-state index contributed by atoms with van der Waals surface area (Å²) in [7, 11) is 0. The number of rotatable bonds is 4. The third kappa shape index (κ3) is 2.64. The van der Waals surface area contributed by atoms with Crippen LogP contribution in [0.15, 0.2) is 34.7 Å². The Balaban J connectivity index is 1.73. The minimum atomic E-state index is 0.149. The van der Waals surface area contributed by atoms with Crippen molar-refractivity contribution in [1.29, 1.82) is 0 Å². The Morgan fingerprint density at radius 3 is 2.85 bits per heavy atom. The summed E-state index contributed by atoms with van der Waals surface area (Å²) in [6, 6.07) is 9.95. The van der Waals surface area contributed by atoms with E-state index in [0.29, 0.717) is 5.75 Å². The van der Waals surface area contributed by atoms with Gasteiger partial charge in [0.15, 0.2) is 10.1 Å². The lowest BCUT2D eigenvalue weighted by Gasteiger charge is -1.97. The summed E-state index contributed by atoms with van der Waals surface area (Å²) in [6.45, 7) is 3.90. The summed E-state index contributed by atoms with van der Waals surface area (Å²) in [5.74, 6) is 0.578. The zero-order chi connectivity index (χ0) is 14.1. The lowest BCUT2D eigenvalue weighted by Crippen LogP contribution is -2.02. The van der Waals surface area contributed by atoms with Gasteiger partial charge in [-0.3, -0.25) is 4.79 Å². The molecule has 0 fully saturated rings. The fourth-order valence-corrected chi connectivity index (χ4v) is 4.08. The number of hydrogen-bond acceptors (Lipinski definition) is 4. The van der Waals surface area contributed by atoms with E-state index in [2.05, 4.69) is 16.0 Å². The molecule has 0 amide bonds. The number of carbonyl (C=O) groups excluding carboxylic acids is 1. The average molecular weight is 302 g/mol. The number of H-pyrrole nitrogens is 1. The molecule has 0 aliphatic heterocycles. The molecule has 2 aromatic heterocycles. The van der Waals surface area contributed by atoms with Crippen LogP contribution in [-0.2, 0) is 0 Å². The number of nitrogens with zero attached hydrogens (tertiary/aromatic N) is 1. The molecule has 0 aliphatic rings. The number of Topliss-reactive ketones (excluding diaryl/α,β-unsaturated/α-hetero) is 1. The van der Waals surface area contributed by atoms with Crippen LogP contribution in [0.5, 0.6) is 0 Å². The summed E-state index contributed by atoms with van der Waals surface area (Å²) in [4.78, 5) is 19.9. The van der Waals surface area contributed by atoms with E-state index in [-0.39, 0.29) is 5.78 Å². The van der Waals surface area contributed by atoms with Crippen molar-refractivity contribution in [3.05, 3.63) is 47.3 Å². The molecule has 3 rings (SSSR count). The molecule has 1 aromatic carbocycles. The number of aryl methyl sites for hydroxylation is 2. The van der Waals surface area contributed by atoms with Gasteiger partial charge in [-0.2, -0.15) is 0 Å². The molecule has 1 N–H and O–H groups in total. The number of carbonyl (C=O) groups is 1. The smallest absolute Gasteiger partial charge is 0.174 e. The van der Waals surface area contributed by atoms with E-state index in [4.69, 9.17) is 0 Å². The molecule has 3 nitrogen and oxygen atoms in total. The maximum Gasteiger partial charge on any atom is 0.174 e. The third-order valence-corrected chi connectivity index (χ3v) is 5.23. The highest BCUT2D eigenvalue weighted by atomic mass is 32.2. The highest BCUT2D eigenvalue weighted by molar-refractivity contribution is 8.01. The maximum absolute atomic E-state index is 12.2. The molecule has 20 heavy (non-hydrogen) atoms. The summed E-state index contributed by atoms with van der Waals surface area (Å²) in [5.41, 5.74) is 3.76. The van der Waals surface area contributed by atoms with Crippen LogP contribution in [-0.4, -0.2) is 21.5 Å². The second-order valence-electron chi connectivity index (χ2n) is 4.65. The second kappa shape index (κ2) is 5.42. The number of benzene rings is 1. The number of nitrogens with one attached hydrogen (secondary N) is 1. The number of thiazole rings is 1. The van der Waals surface area contributed by atoms with Crippen molar-refractivity contribution in [3.8, 4) is 0 Å². The summed E-state index contributed by atoms with van der Waals surface area (Å²) < 4.78 is 2.11. The number of fused-ring (bicyclic) bond motifs is 1. The van der Waals surface area contributed by atoms with E-state index in [0.717, 1.165) is 31.5 Å². The largest absolute Gasteiger partial charge is 0.362 e. The zero-order valence-electron chi connectivity index (χ0n) is 11.3. The predicted molar refractivity (Wildman–Crippen MR) is 84.9 cm³/mol. The van der Waals surface area contributed by atoms with Crippen molar-refractivity contribution >= 4 is 39.1 Å². The van der Waals surface area contributed by atoms with Gasteiger partial charge in [0, 0.05) is 17.0 Å². The van der Waals surface area contributed by atoms with Crippen LogP contribution in [0, 0.1) is 13.8 Å². The van der Waals surface area contributed by atoms with Gasteiger partial charge in [0.1, 0.15) is 0 Å². The standard InChI is InChI=1S/C15H14N2OS2/c1-9-7-11(10(2)16-9)13(18)8-19-15-17-12-5-3-4-6-14(12)20-15/h3-7,16H,8H2,1-2H3. The Hall–Kier alpha value is -1.59. The quantitative estimate of drug-likeness (QED) is 0.580. The number of ketones is 1. The first-order chi connectivity index (χ1) is 9.63. The van der Waals surface area contributed by atoms with Gasteiger partial charge >= 0.3 is 0 Å². The van der Waals surface area contributed by atoms with E-state index in [1.807, 2.05) is 38.1 Å². The number of aromatic nitrogens is 2. The van der Waals surface area contributed by atoms with Gasteiger partial charge in [0.25, 0.3) is 0 Å². The van der Waals surface area contributed by atoms with Crippen molar-refractivity contribution in [2.45, 2.75) is 18.2 Å². The molecule has 5 heteroatoms. The summed E-state index contributed by atoms with van der Waals surface area (Å²) in [6.07, 6.45) is 0. The molecular formula is C15H14N2OS2. The normalized spacial score (nSPS) is 11.1. The molecule has 102 valence electrons. The van der Waals surface area contributed by atoms with E-state index in [1.54, 1.807) is 11.3 Å². The Bertz CT molecular complexity index is 740. The van der Waals surface area contributed by atoms with Crippen molar-refractivity contribution in [1.82, 2.24) is 9.97 Å². The van der Waals surface area contributed by atoms with Gasteiger partial charge in [-0.25, -0.2) is 4.98 Å². The lowest BCUT2D eigenvalue weighted by atomic mass is 10.2. The van der Waals surface area contributed by atoms with Crippen LogP contribution >= 0.6 is 23.1 Å². The van der Waals surface area contributed by atoms with Crippen LogP contribution in [0.4, 0.5) is 0 Å². The summed E-state index contributed by atoms with van der Waals surface area (Å²) in [5, 5.41) is 0. The second-order valence-corrected chi connectivity index (χ2v) is 6.90. The maximum atomic E-state index is 12.2. The first-order valence-corrected chi connectivity index (χ1v) is 8.11. The Morgan fingerprint density at radius 1 is 1.35 bits per heavy atom. The molecule has 2 heterocycles. The van der Waals surface area contributed by atoms with E-state index in [9.17, 15) is 4.79 Å². The molecule has 0 spiro atoms. The van der Waals surface area contributed by atoms with Gasteiger partial charge in [-0.15, -0.1) is 11.3 Å². The van der Waals surface area contributed by atoms with Crippen LogP contribution in [0.2, 0.25) is 0 Å². The lowest BCUT2D eigenvalue weighted by molar-refractivity contribution is 0.102. The molecule has 0 saturated carbocycles. The van der Waals surface area contributed by atoms with Crippen LogP contribution in [0.1, 0.15) is 21.7 Å². The van der Waals surface area contributed by atoms with Gasteiger partial charge < -0.3 is 4.98 Å². The number of aromatic amines is 1. The highest BCUT2D eigenvalue weighted by Crippen LogP contribution is 2.29. The van der Waals surface area contributed by atoms with Gasteiger partial charge in [0.2, 0.25) is 0 Å². The van der Waals surface area contributed by atoms with Crippen molar-refractivity contribution < 1.29 is 4.79 Å². The molecule has 0 atom stereocenters. The highest BCUT2D eigenvalue weighted by Gasteiger charge is 2.13. The predicted octanol–water partition coefficient (Wildman–Crippen LogP) is 4.22. The van der Waals surface area contributed by atoms with Crippen molar-refractivity contribution in [2.24, 2.45) is 0 Å². The van der Waals surface area contributed by atoms with Crippen molar-refractivity contribution in [2.75, 3.05) is 5.75 Å². The molecular weight excluding hydrogens is 288 g/mol. The van der Waals surface area contributed by atoms with E-state index < -0.39 is 0 Å². The van der Waals surface area contributed by atoms with Gasteiger partial charge in [-0.05, 0) is 32.0 Å². The van der Waals surface area contributed by atoms with Gasteiger partial charge in [0.05, 0.1) is 16.0 Å². The zero-order valence-corrected chi connectivity index (χ0v) is 12.9. The van der Waals surface area contributed by atoms with Crippen molar-refractivity contribution in [3.63, 3.8) is 0 Å². The molecule has 0 saturated heterocycles. The SMILES string of the molecule is Cc1cc(C(=O)CSc2nc3ccccc3s2)c(C)[nH]1. The van der Waals surface area contributed by atoms with Crippen LogP contribution < -0.4 is 0 Å². The first kappa shape index (κ1) is 13.4. The Morgan fingerprint density at radius 2 is 2.15 bits per heavy atom.